The van der Waals surface area contributed by atoms with Crippen LogP contribution in [0.5, 0.6) is 0 Å². The summed E-state index contributed by atoms with van der Waals surface area (Å²) in [5.41, 5.74) is 1.33. The number of hydrogen-bond acceptors (Lipinski definition) is 3. The zero-order valence-electron chi connectivity index (χ0n) is 6.49. The summed E-state index contributed by atoms with van der Waals surface area (Å²) < 4.78 is 0.457. The molecule has 1 saturated heterocycles. The van der Waals surface area contributed by atoms with E-state index in [1.165, 1.54) is 5.56 Å². The average molecular weight is 195 g/mol. The van der Waals surface area contributed by atoms with E-state index in [0.29, 0.717) is 4.58 Å². The van der Waals surface area contributed by atoms with Gasteiger partial charge in [0, 0.05) is 5.75 Å². The molecule has 1 atom stereocenters. The van der Waals surface area contributed by atoms with Gasteiger partial charge in [0.25, 0.3) is 0 Å². The Balaban J connectivity index is 2.16. The topological polar surface area (TPSA) is 23.9 Å². The molecule has 12 heavy (non-hydrogen) atoms. The van der Waals surface area contributed by atoms with Crippen molar-refractivity contribution in [2.75, 3.05) is 5.75 Å². The zero-order chi connectivity index (χ0) is 8.39. The Bertz CT molecular complexity index is 284. The largest absolute Gasteiger partial charge is 0.298 e. The van der Waals surface area contributed by atoms with Crippen molar-refractivity contribution in [1.82, 2.24) is 0 Å². The van der Waals surface area contributed by atoms with E-state index in [1.54, 1.807) is 11.8 Å². The van der Waals surface area contributed by atoms with Crippen molar-refractivity contribution in [2.45, 2.75) is 4.58 Å². The highest BCUT2D eigenvalue weighted by Crippen LogP contribution is 2.45. The van der Waals surface area contributed by atoms with E-state index in [2.05, 4.69) is 24.3 Å². The fraction of sp³-hybridized carbons (Fsp3) is 0.222. The molecule has 0 radical (unpaired) electrons. The van der Waals surface area contributed by atoms with E-state index in [1.807, 2.05) is 17.8 Å². The van der Waals surface area contributed by atoms with E-state index >= 15 is 0 Å². The summed E-state index contributed by atoms with van der Waals surface area (Å²) in [5, 5.41) is 8.27. The molecule has 2 rings (SSSR count). The molecule has 0 aliphatic carbocycles. The van der Waals surface area contributed by atoms with Crippen LogP contribution in [0.25, 0.3) is 0 Å². The van der Waals surface area contributed by atoms with Crippen LogP contribution in [0.4, 0.5) is 0 Å². The Labute approximate surface area is 80.5 Å². The van der Waals surface area contributed by atoms with Gasteiger partial charge in [0.2, 0.25) is 0 Å². The van der Waals surface area contributed by atoms with Gasteiger partial charge in [-0.1, -0.05) is 42.1 Å². The smallest absolute Gasteiger partial charge is 0.0814 e. The molecule has 1 aromatic rings. The molecule has 62 valence electrons. The average Bonchev–Trinajstić information content (AvgIpc) is 2.54. The van der Waals surface area contributed by atoms with Gasteiger partial charge >= 0.3 is 0 Å². The summed E-state index contributed by atoms with van der Waals surface area (Å²) in [7, 11) is 0. The predicted octanol–water partition coefficient (Wildman–Crippen LogP) is 3.14. The summed E-state index contributed by atoms with van der Waals surface area (Å²) in [4.78, 5) is 0. The second-order valence-corrected chi connectivity index (χ2v) is 5.19. The van der Waals surface area contributed by atoms with E-state index in [-0.39, 0.29) is 0 Å². The fourth-order valence-electron chi connectivity index (χ4n) is 1.12. The molecule has 0 bridgehead atoms. The lowest BCUT2D eigenvalue weighted by Gasteiger charge is -2.05. The van der Waals surface area contributed by atoms with Gasteiger partial charge in [0.1, 0.15) is 0 Å². The van der Waals surface area contributed by atoms with Gasteiger partial charge < -0.3 is 0 Å². The van der Waals surface area contributed by atoms with Crippen LogP contribution < -0.4 is 0 Å². The Morgan fingerprint density at radius 2 is 2.00 bits per heavy atom. The Morgan fingerprint density at radius 1 is 1.25 bits per heavy atom. The molecule has 1 N–H and O–H groups in total. The highest BCUT2D eigenvalue weighted by molar-refractivity contribution is 8.29. The first kappa shape index (κ1) is 8.20. The van der Waals surface area contributed by atoms with Crippen molar-refractivity contribution < 1.29 is 0 Å². The van der Waals surface area contributed by atoms with Crippen LogP contribution in [-0.4, -0.2) is 10.8 Å². The first-order valence-electron chi connectivity index (χ1n) is 3.77. The molecule has 1 unspecified atom stereocenters. The standard InChI is InChI=1S/C9H9NS2/c10-8-6-11-9(12-8)7-4-2-1-3-5-7/h1-5,9-10H,6H2. The normalized spacial score (nSPS) is 23.0. The molecular formula is C9H9NS2. The molecule has 1 aliphatic rings. The summed E-state index contributed by atoms with van der Waals surface area (Å²) in [6.45, 7) is 0. The third-order valence-electron chi connectivity index (χ3n) is 1.69. The van der Waals surface area contributed by atoms with Gasteiger partial charge in [-0.3, -0.25) is 5.41 Å². The van der Waals surface area contributed by atoms with Crippen molar-refractivity contribution in [3.8, 4) is 0 Å². The van der Waals surface area contributed by atoms with Gasteiger partial charge in [-0.05, 0) is 5.56 Å². The first-order chi connectivity index (χ1) is 5.86. The Morgan fingerprint density at radius 3 is 2.58 bits per heavy atom. The summed E-state index contributed by atoms with van der Waals surface area (Å²) in [6.07, 6.45) is 0. The van der Waals surface area contributed by atoms with Crippen molar-refractivity contribution in [2.24, 2.45) is 0 Å². The number of hydrogen-bond donors (Lipinski definition) is 1. The zero-order valence-corrected chi connectivity index (χ0v) is 8.12. The molecule has 1 aromatic carbocycles. The first-order valence-corrected chi connectivity index (χ1v) is 5.70. The maximum atomic E-state index is 7.47. The van der Waals surface area contributed by atoms with Crippen molar-refractivity contribution in [1.29, 1.82) is 5.41 Å². The van der Waals surface area contributed by atoms with E-state index < -0.39 is 0 Å². The number of nitrogens with one attached hydrogen (secondary N) is 1. The predicted molar refractivity (Wildman–Crippen MR) is 57.0 cm³/mol. The maximum Gasteiger partial charge on any atom is 0.0814 e. The van der Waals surface area contributed by atoms with Crippen LogP contribution in [0.1, 0.15) is 10.1 Å². The van der Waals surface area contributed by atoms with Crippen molar-refractivity contribution >= 4 is 28.6 Å². The lowest BCUT2D eigenvalue weighted by atomic mass is 10.2. The van der Waals surface area contributed by atoms with Crippen molar-refractivity contribution in [3.63, 3.8) is 0 Å². The summed E-state index contributed by atoms with van der Waals surface area (Å²) in [6, 6.07) is 10.4. The minimum Gasteiger partial charge on any atom is -0.298 e. The minimum atomic E-state index is 0.457. The van der Waals surface area contributed by atoms with Crippen LogP contribution >= 0.6 is 23.5 Å². The van der Waals surface area contributed by atoms with Crippen LogP contribution in [0.15, 0.2) is 30.3 Å². The minimum absolute atomic E-state index is 0.457. The maximum absolute atomic E-state index is 7.47. The van der Waals surface area contributed by atoms with Gasteiger partial charge in [-0.15, -0.1) is 11.8 Å². The van der Waals surface area contributed by atoms with Crippen LogP contribution in [0, 0.1) is 5.41 Å². The van der Waals surface area contributed by atoms with Crippen LogP contribution in [0.2, 0.25) is 0 Å². The molecule has 0 saturated carbocycles. The SMILES string of the molecule is N=C1CSC(c2ccccc2)S1. The number of thioether (sulfide) groups is 2. The molecule has 0 amide bonds. The van der Waals surface area contributed by atoms with Gasteiger partial charge in [-0.2, -0.15) is 0 Å². The molecule has 1 nitrogen and oxygen atoms in total. The summed E-state index contributed by atoms with van der Waals surface area (Å²) in [5.74, 6) is 0.879. The van der Waals surface area contributed by atoms with Crippen LogP contribution in [0.3, 0.4) is 0 Å². The lowest BCUT2D eigenvalue weighted by molar-refractivity contribution is 1.39. The Kier molecular flexibility index (Phi) is 2.42. The Hall–Kier alpha value is -0.410. The quantitative estimate of drug-likeness (QED) is 0.744. The molecule has 1 fully saturated rings. The van der Waals surface area contributed by atoms with E-state index in [0.717, 1.165) is 10.8 Å². The third kappa shape index (κ3) is 1.67. The van der Waals surface area contributed by atoms with Gasteiger partial charge in [-0.25, -0.2) is 0 Å². The number of benzene rings is 1. The molecule has 1 aliphatic heterocycles. The highest BCUT2D eigenvalue weighted by atomic mass is 32.2. The molecule has 3 heteroatoms. The molecular weight excluding hydrogens is 186 g/mol. The third-order valence-corrected chi connectivity index (χ3v) is 4.51. The number of rotatable bonds is 1. The highest BCUT2D eigenvalue weighted by Gasteiger charge is 2.21. The van der Waals surface area contributed by atoms with E-state index in [9.17, 15) is 0 Å². The molecule has 1 heterocycles. The van der Waals surface area contributed by atoms with Crippen molar-refractivity contribution in [3.05, 3.63) is 35.9 Å². The van der Waals surface area contributed by atoms with Crippen LogP contribution in [-0.2, 0) is 0 Å². The fourth-order valence-corrected chi connectivity index (χ4v) is 3.63. The summed E-state index contributed by atoms with van der Waals surface area (Å²) >= 11 is 3.51. The lowest BCUT2D eigenvalue weighted by Crippen LogP contribution is -1.83. The monoisotopic (exact) mass is 195 g/mol. The van der Waals surface area contributed by atoms with Gasteiger partial charge in [0.05, 0.1) is 9.63 Å². The second-order valence-electron chi connectivity index (χ2n) is 2.59. The molecule has 0 aromatic heterocycles. The van der Waals surface area contributed by atoms with E-state index in [4.69, 9.17) is 5.41 Å². The molecule has 0 spiro atoms. The second kappa shape index (κ2) is 3.54. The van der Waals surface area contributed by atoms with Gasteiger partial charge in [0.15, 0.2) is 0 Å².